The minimum Gasteiger partial charge on any atom is -0.319 e. The fourth-order valence-electron chi connectivity index (χ4n) is 2.76. The van der Waals surface area contributed by atoms with Gasteiger partial charge >= 0.3 is 0 Å². The van der Waals surface area contributed by atoms with Crippen LogP contribution < -0.4 is 5.73 Å². The lowest BCUT2D eigenvalue weighted by atomic mass is 9.78. The highest BCUT2D eigenvalue weighted by molar-refractivity contribution is 7.10. The van der Waals surface area contributed by atoms with Gasteiger partial charge in [-0.3, -0.25) is 0 Å². The zero-order chi connectivity index (χ0) is 13.6. The first-order valence-corrected chi connectivity index (χ1v) is 7.87. The Morgan fingerprint density at radius 1 is 1.05 bits per heavy atom. The van der Waals surface area contributed by atoms with E-state index in [1.807, 2.05) is 0 Å². The van der Waals surface area contributed by atoms with Gasteiger partial charge in [0.1, 0.15) is 5.01 Å². The van der Waals surface area contributed by atoms with Crippen LogP contribution in [0.5, 0.6) is 0 Å². The number of benzene rings is 2. The van der Waals surface area contributed by atoms with Crippen molar-refractivity contribution in [1.82, 2.24) is 4.98 Å². The molecular weight excluding hydrogens is 264 g/mol. The summed E-state index contributed by atoms with van der Waals surface area (Å²) in [6.07, 6.45) is 3.36. The Morgan fingerprint density at radius 2 is 1.85 bits per heavy atom. The van der Waals surface area contributed by atoms with Crippen LogP contribution in [0.25, 0.3) is 22.0 Å². The molecule has 1 saturated carbocycles. The van der Waals surface area contributed by atoms with E-state index in [1.54, 1.807) is 11.3 Å². The summed E-state index contributed by atoms with van der Waals surface area (Å²) in [4.78, 5) is 4.77. The first-order chi connectivity index (χ1) is 9.74. The van der Waals surface area contributed by atoms with E-state index in [4.69, 9.17) is 10.7 Å². The standard InChI is InChI=1S/C17H16N2S/c18-17(8-3-9-17)16-19-15(11-20-16)14-7-6-12-4-1-2-5-13(12)10-14/h1-2,4-7,10-11H,3,8-9,18H2. The average molecular weight is 280 g/mol. The molecule has 0 unspecified atom stereocenters. The predicted molar refractivity (Wildman–Crippen MR) is 84.8 cm³/mol. The van der Waals surface area contributed by atoms with Crippen molar-refractivity contribution < 1.29 is 0 Å². The Balaban J connectivity index is 1.75. The lowest BCUT2D eigenvalue weighted by molar-refractivity contribution is 0.253. The number of hydrogen-bond donors (Lipinski definition) is 1. The van der Waals surface area contributed by atoms with Crippen LogP contribution in [0.3, 0.4) is 0 Å². The lowest BCUT2D eigenvalue weighted by Crippen LogP contribution is -2.43. The van der Waals surface area contributed by atoms with Crippen LogP contribution >= 0.6 is 11.3 Å². The monoisotopic (exact) mass is 280 g/mol. The molecule has 0 saturated heterocycles. The Bertz CT molecular complexity index is 771. The first-order valence-electron chi connectivity index (χ1n) is 6.99. The third-order valence-corrected chi connectivity index (χ3v) is 5.28. The second kappa shape index (κ2) is 4.40. The highest BCUT2D eigenvalue weighted by Crippen LogP contribution is 2.41. The summed E-state index contributed by atoms with van der Waals surface area (Å²) in [5.41, 5.74) is 8.42. The van der Waals surface area contributed by atoms with Crippen LogP contribution in [-0.4, -0.2) is 4.98 Å². The van der Waals surface area contributed by atoms with Crippen LogP contribution in [-0.2, 0) is 5.54 Å². The maximum Gasteiger partial charge on any atom is 0.113 e. The highest BCUT2D eigenvalue weighted by Gasteiger charge is 2.37. The summed E-state index contributed by atoms with van der Waals surface area (Å²) in [7, 11) is 0. The van der Waals surface area contributed by atoms with Crippen molar-refractivity contribution in [3.05, 3.63) is 52.9 Å². The van der Waals surface area contributed by atoms with Gasteiger partial charge in [-0.1, -0.05) is 36.4 Å². The molecule has 1 aliphatic rings. The fraction of sp³-hybridized carbons (Fsp3) is 0.235. The van der Waals surface area contributed by atoms with Crippen molar-refractivity contribution in [3.63, 3.8) is 0 Å². The second-order valence-corrected chi connectivity index (χ2v) is 6.47. The molecule has 3 heteroatoms. The smallest absolute Gasteiger partial charge is 0.113 e. The summed E-state index contributed by atoms with van der Waals surface area (Å²) in [5.74, 6) is 0. The molecule has 0 aliphatic heterocycles. The van der Waals surface area contributed by atoms with Crippen LogP contribution in [0.2, 0.25) is 0 Å². The van der Waals surface area contributed by atoms with E-state index in [0.29, 0.717) is 0 Å². The number of nitrogens with zero attached hydrogens (tertiary/aromatic N) is 1. The van der Waals surface area contributed by atoms with Gasteiger partial charge in [-0.2, -0.15) is 0 Å². The molecule has 0 atom stereocenters. The fourth-order valence-corrected chi connectivity index (χ4v) is 3.76. The Labute approximate surface area is 122 Å². The number of nitrogens with two attached hydrogens (primary N) is 1. The number of aromatic nitrogens is 1. The molecule has 1 fully saturated rings. The van der Waals surface area contributed by atoms with E-state index in [9.17, 15) is 0 Å². The summed E-state index contributed by atoms with van der Waals surface area (Å²) >= 11 is 1.70. The van der Waals surface area contributed by atoms with Gasteiger partial charge in [-0.25, -0.2) is 4.98 Å². The molecule has 3 aromatic rings. The summed E-state index contributed by atoms with van der Waals surface area (Å²) in [6.45, 7) is 0. The third kappa shape index (κ3) is 1.86. The van der Waals surface area contributed by atoms with Crippen LogP contribution in [0, 0.1) is 0 Å². The van der Waals surface area contributed by atoms with E-state index in [-0.39, 0.29) is 5.54 Å². The Hall–Kier alpha value is -1.71. The number of fused-ring (bicyclic) bond motifs is 1. The van der Waals surface area contributed by atoms with E-state index in [1.165, 1.54) is 22.8 Å². The van der Waals surface area contributed by atoms with Crippen molar-refractivity contribution in [2.24, 2.45) is 5.73 Å². The Morgan fingerprint density at radius 3 is 2.60 bits per heavy atom. The molecule has 20 heavy (non-hydrogen) atoms. The van der Waals surface area contributed by atoms with E-state index >= 15 is 0 Å². The summed E-state index contributed by atoms with van der Waals surface area (Å²) in [6, 6.07) is 14.9. The van der Waals surface area contributed by atoms with Crippen molar-refractivity contribution in [3.8, 4) is 11.3 Å². The Kier molecular flexibility index (Phi) is 2.65. The van der Waals surface area contributed by atoms with Gasteiger partial charge in [0.05, 0.1) is 11.2 Å². The van der Waals surface area contributed by atoms with Gasteiger partial charge in [0.2, 0.25) is 0 Å². The van der Waals surface area contributed by atoms with E-state index in [2.05, 4.69) is 47.8 Å². The minimum atomic E-state index is -0.153. The van der Waals surface area contributed by atoms with Gasteiger partial charge in [0, 0.05) is 10.9 Å². The SMILES string of the molecule is NC1(c2nc(-c3ccc4ccccc4c3)cs2)CCC1. The van der Waals surface area contributed by atoms with Gasteiger partial charge in [-0.05, 0) is 36.1 Å². The average Bonchev–Trinajstić information content (AvgIpc) is 2.94. The van der Waals surface area contributed by atoms with Gasteiger partial charge in [-0.15, -0.1) is 11.3 Å². The molecule has 1 aromatic heterocycles. The maximum atomic E-state index is 6.35. The van der Waals surface area contributed by atoms with Crippen molar-refractivity contribution in [1.29, 1.82) is 0 Å². The molecule has 100 valence electrons. The molecule has 0 radical (unpaired) electrons. The minimum absolute atomic E-state index is 0.153. The van der Waals surface area contributed by atoms with Crippen molar-refractivity contribution >= 4 is 22.1 Å². The zero-order valence-corrected chi connectivity index (χ0v) is 12.0. The molecule has 1 aliphatic carbocycles. The first kappa shape index (κ1) is 12.1. The zero-order valence-electron chi connectivity index (χ0n) is 11.2. The number of rotatable bonds is 2. The topological polar surface area (TPSA) is 38.9 Å². The third-order valence-electron chi connectivity index (χ3n) is 4.22. The largest absolute Gasteiger partial charge is 0.319 e. The van der Waals surface area contributed by atoms with E-state index < -0.39 is 0 Å². The van der Waals surface area contributed by atoms with Gasteiger partial charge < -0.3 is 5.73 Å². The van der Waals surface area contributed by atoms with Crippen LogP contribution in [0.4, 0.5) is 0 Å². The van der Waals surface area contributed by atoms with E-state index in [0.717, 1.165) is 23.5 Å². The molecule has 1 heterocycles. The molecule has 2 nitrogen and oxygen atoms in total. The quantitative estimate of drug-likeness (QED) is 0.760. The molecular formula is C17H16N2S. The molecule has 2 N–H and O–H groups in total. The van der Waals surface area contributed by atoms with Crippen LogP contribution in [0.15, 0.2) is 47.8 Å². The molecule has 0 spiro atoms. The molecule has 0 amide bonds. The highest BCUT2D eigenvalue weighted by atomic mass is 32.1. The van der Waals surface area contributed by atoms with Crippen molar-refractivity contribution in [2.45, 2.75) is 24.8 Å². The number of hydrogen-bond acceptors (Lipinski definition) is 3. The van der Waals surface area contributed by atoms with Crippen molar-refractivity contribution in [2.75, 3.05) is 0 Å². The maximum absolute atomic E-state index is 6.35. The van der Waals surface area contributed by atoms with Gasteiger partial charge in [0.15, 0.2) is 0 Å². The normalized spacial score (nSPS) is 17.1. The van der Waals surface area contributed by atoms with Crippen LogP contribution in [0.1, 0.15) is 24.3 Å². The summed E-state index contributed by atoms with van der Waals surface area (Å²) < 4.78 is 0. The molecule has 2 aromatic carbocycles. The predicted octanol–water partition coefficient (Wildman–Crippen LogP) is 4.30. The van der Waals surface area contributed by atoms with Gasteiger partial charge in [0.25, 0.3) is 0 Å². The number of thiazole rings is 1. The second-order valence-electron chi connectivity index (χ2n) is 5.61. The molecule has 0 bridgehead atoms. The molecule has 4 rings (SSSR count). The lowest BCUT2D eigenvalue weighted by Gasteiger charge is -2.35. The summed E-state index contributed by atoms with van der Waals surface area (Å²) in [5, 5.41) is 5.74.